The second-order valence-corrected chi connectivity index (χ2v) is 7.81. The van der Waals surface area contributed by atoms with Crippen molar-refractivity contribution in [1.82, 2.24) is 4.90 Å². The van der Waals surface area contributed by atoms with Gasteiger partial charge in [0, 0.05) is 12.1 Å². The van der Waals surface area contributed by atoms with Crippen LogP contribution in [0.3, 0.4) is 0 Å². The average molecular weight is 249 g/mol. The lowest BCUT2D eigenvalue weighted by molar-refractivity contribution is -0.201. The van der Waals surface area contributed by atoms with Crippen LogP contribution < -0.4 is 0 Å². The molecule has 3 rings (SSSR count). The molecule has 1 saturated carbocycles. The van der Waals surface area contributed by atoms with E-state index in [2.05, 4.69) is 33.5 Å². The molecule has 2 saturated heterocycles. The largest absolute Gasteiger partial charge is 0.377 e. The van der Waals surface area contributed by atoms with Crippen molar-refractivity contribution < 1.29 is 4.74 Å². The maximum absolute atomic E-state index is 5.59. The van der Waals surface area contributed by atoms with E-state index in [0.717, 1.165) is 25.2 Å². The molecule has 2 aliphatic heterocycles. The smallest absolute Gasteiger partial charge is 0.109 e. The molecule has 3 unspecified atom stereocenters. The lowest BCUT2D eigenvalue weighted by Gasteiger charge is -2.63. The van der Waals surface area contributed by atoms with Gasteiger partial charge in [0.2, 0.25) is 0 Å². The van der Waals surface area contributed by atoms with Gasteiger partial charge in [0.05, 0.1) is 18.8 Å². The molecular formula is C15H28BNO. The zero-order valence-corrected chi connectivity index (χ0v) is 12.5. The predicted octanol–water partition coefficient (Wildman–Crippen LogP) is 2.24. The lowest BCUT2D eigenvalue weighted by atomic mass is 9.51. The summed E-state index contributed by atoms with van der Waals surface area (Å²) in [6.45, 7) is 9.22. The maximum atomic E-state index is 5.59. The summed E-state index contributed by atoms with van der Waals surface area (Å²) >= 11 is 0. The van der Waals surface area contributed by atoms with Crippen LogP contribution in [0.25, 0.3) is 0 Å². The summed E-state index contributed by atoms with van der Waals surface area (Å²) in [6, 6.07) is 1.47. The Bertz CT molecular complexity index is 324. The van der Waals surface area contributed by atoms with Crippen molar-refractivity contribution >= 4 is 7.85 Å². The molecule has 0 aromatic rings. The second-order valence-electron chi connectivity index (χ2n) is 7.81. The molecule has 0 N–H and O–H groups in total. The Morgan fingerprint density at radius 3 is 2.50 bits per heavy atom. The van der Waals surface area contributed by atoms with E-state index >= 15 is 0 Å². The number of nitrogens with zero attached hydrogens (tertiary/aromatic N) is 1. The Morgan fingerprint density at radius 1 is 1.22 bits per heavy atom. The Morgan fingerprint density at radius 2 is 1.94 bits per heavy atom. The second kappa shape index (κ2) is 4.24. The van der Waals surface area contributed by atoms with E-state index in [-0.39, 0.29) is 0 Å². The zero-order chi connectivity index (χ0) is 13.0. The highest BCUT2D eigenvalue weighted by molar-refractivity contribution is 6.15. The maximum Gasteiger partial charge on any atom is 0.109 e. The van der Waals surface area contributed by atoms with Crippen molar-refractivity contribution in [2.24, 2.45) is 5.92 Å². The number of likely N-dealkylation sites (tertiary alicyclic amines) is 1. The Hall–Kier alpha value is -0.0151. The van der Waals surface area contributed by atoms with Crippen molar-refractivity contribution in [3.63, 3.8) is 0 Å². The molecule has 102 valence electrons. The highest BCUT2D eigenvalue weighted by atomic mass is 16.5. The zero-order valence-electron chi connectivity index (χ0n) is 12.5. The summed E-state index contributed by atoms with van der Waals surface area (Å²) in [7, 11) is 2.50. The topological polar surface area (TPSA) is 12.5 Å². The van der Waals surface area contributed by atoms with Gasteiger partial charge in [-0.1, -0.05) is 25.1 Å². The van der Waals surface area contributed by atoms with Crippen LogP contribution in [0.1, 0.15) is 52.9 Å². The molecule has 2 nitrogen and oxygen atoms in total. The molecule has 3 heteroatoms. The molecule has 0 bridgehead atoms. The van der Waals surface area contributed by atoms with Crippen molar-refractivity contribution in [3.05, 3.63) is 0 Å². The van der Waals surface area contributed by atoms with Crippen molar-refractivity contribution in [3.8, 4) is 0 Å². The number of hydrogen-bond acceptors (Lipinski definition) is 2. The molecule has 0 aromatic heterocycles. The third-order valence-corrected chi connectivity index (χ3v) is 5.91. The van der Waals surface area contributed by atoms with Gasteiger partial charge in [-0.05, 0) is 39.0 Å². The first-order valence-electron chi connectivity index (χ1n) is 7.82. The monoisotopic (exact) mass is 249 g/mol. The van der Waals surface area contributed by atoms with Gasteiger partial charge in [0.1, 0.15) is 7.85 Å². The standard InChI is InChI=1S/C15H28BNO/c1-11(2)17-13-5-4-7-14(3,16)12(13)6-8-15(17)9-18-10-15/h11-13H,4-10,16H2,1-3H3. The molecular weight excluding hydrogens is 221 g/mol. The predicted molar refractivity (Wildman–Crippen MR) is 77.8 cm³/mol. The van der Waals surface area contributed by atoms with E-state index in [9.17, 15) is 0 Å². The fourth-order valence-electron chi connectivity index (χ4n) is 5.06. The minimum atomic E-state index is 0.406. The minimum absolute atomic E-state index is 0.406. The summed E-state index contributed by atoms with van der Waals surface area (Å²) in [4.78, 5) is 2.85. The van der Waals surface area contributed by atoms with Crippen LogP contribution in [0, 0.1) is 5.92 Å². The summed E-state index contributed by atoms with van der Waals surface area (Å²) in [5.74, 6) is 0.903. The first-order valence-corrected chi connectivity index (χ1v) is 7.82. The van der Waals surface area contributed by atoms with E-state index in [1.54, 1.807) is 0 Å². The van der Waals surface area contributed by atoms with Crippen LogP contribution in [-0.4, -0.2) is 43.6 Å². The molecule has 3 aliphatic rings. The van der Waals surface area contributed by atoms with Crippen molar-refractivity contribution in [2.45, 2.75) is 75.8 Å². The van der Waals surface area contributed by atoms with E-state index in [1.807, 2.05) is 0 Å². The number of fused-ring (bicyclic) bond motifs is 1. The van der Waals surface area contributed by atoms with E-state index in [0.29, 0.717) is 16.9 Å². The van der Waals surface area contributed by atoms with Gasteiger partial charge in [-0.3, -0.25) is 4.90 Å². The lowest BCUT2D eigenvalue weighted by Crippen LogP contribution is -2.71. The van der Waals surface area contributed by atoms with Crippen LogP contribution in [0.15, 0.2) is 0 Å². The Labute approximate surface area is 113 Å². The molecule has 3 fully saturated rings. The molecule has 18 heavy (non-hydrogen) atoms. The van der Waals surface area contributed by atoms with Crippen LogP contribution in [0.2, 0.25) is 5.31 Å². The van der Waals surface area contributed by atoms with Gasteiger partial charge in [-0.15, -0.1) is 0 Å². The molecule has 1 aliphatic carbocycles. The fourth-order valence-corrected chi connectivity index (χ4v) is 5.06. The summed E-state index contributed by atoms with van der Waals surface area (Å²) in [5, 5.41) is 0.544. The SMILES string of the molecule is BC1(C)CCCC2C1CCC1(COC1)N2C(C)C. The molecule has 0 aromatic carbocycles. The van der Waals surface area contributed by atoms with E-state index in [4.69, 9.17) is 4.74 Å². The number of piperidine rings is 1. The third-order valence-electron chi connectivity index (χ3n) is 5.91. The van der Waals surface area contributed by atoms with Gasteiger partial charge in [-0.25, -0.2) is 0 Å². The minimum Gasteiger partial charge on any atom is -0.377 e. The number of ether oxygens (including phenoxy) is 1. The Kier molecular flexibility index (Phi) is 3.06. The van der Waals surface area contributed by atoms with Crippen molar-refractivity contribution in [2.75, 3.05) is 13.2 Å². The molecule has 2 heterocycles. The van der Waals surface area contributed by atoms with Gasteiger partial charge < -0.3 is 4.74 Å². The fraction of sp³-hybridized carbons (Fsp3) is 1.00. The average Bonchev–Trinajstić information content (AvgIpc) is 2.24. The van der Waals surface area contributed by atoms with Crippen molar-refractivity contribution in [1.29, 1.82) is 0 Å². The van der Waals surface area contributed by atoms with Crippen LogP contribution in [-0.2, 0) is 4.74 Å². The third kappa shape index (κ3) is 1.77. The van der Waals surface area contributed by atoms with E-state index < -0.39 is 0 Å². The van der Waals surface area contributed by atoms with Gasteiger partial charge >= 0.3 is 0 Å². The Balaban J connectivity index is 1.89. The molecule has 0 amide bonds. The number of hydrogen-bond donors (Lipinski definition) is 0. The summed E-state index contributed by atoms with van der Waals surface area (Å²) in [6.07, 6.45) is 7.02. The highest BCUT2D eigenvalue weighted by Gasteiger charge is 2.55. The van der Waals surface area contributed by atoms with Gasteiger partial charge in [0.25, 0.3) is 0 Å². The molecule has 3 atom stereocenters. The van der Waals surface area contributed by atoms with Gasteiger partial charge in [-0.2, -0.15) is 0 Å². The molecule has 1 spiro atoms. The summed E-state index contributed by atoms with van der Waals surface area (Å²) in [5.41, 5.74) is 0.406. The quantitative estimate of drug-likeness (QED) is 0.661. The first kappa shape index (κ1) is 13.0. The van der Waals surface area contributed by atoms with Crippen LogP contribution >= 0.6 is 0 Å². The number of rotatable bonds is 1. The normalized spacial score (nSPS) is 43.8. The van der Waals surface area contributed by atoms with Crippen LogP contribution in [0.4, 0.5) is 0 Å². The first-order chi connectivity index (χ1) is 8.46. The highest BCUT2D eigenvalue weighted by Crippen LogP contribution is 2.54. The van der Waals surface area contributed by atoms with Crippen LogP contribution in [0.5, 0.6) is 0 Å². The van der Waals surface area contributed by atoms with E-state index in [1.165, 1.54) is 32.1 Å². The summed E-state index contributed by atoms with van der Waals surface area (Å²) < 4.78 is 5.59. The van der Waals surface area contributed by atoms with Gasteiger partial charge in [0.15, 0.2) is 0 Å². The molecule has 0 radical (unpaired) electrons.